The first-order chi connectivity index (χ1) is 8.97. The van der Waals surface area contributed by atoms with E-state index in [4.69, 9.17) is 10.2 Å². The van der Waals surface area contributed by atoms with Crippen LogP contribution in [0.4, 0.5) is 4.79 Å². The summed E-state index contributed by atoms with van der Waals surface area (Å²) >= 11 is 0. The predicted octanol–water partition coefficient (Wildman–Crippen LogP) is -1.55. The third-order valence-electron chi connectivity index (χ3n) is 2.17. The van der Waals surface area contributed by atoms with Crippen LogP contribution in [0.3, 0.4) is 0 Å². The lowest BCUT2D eigenvalue weighted by molar-refractivity contribution is -0.139. The van der Waals surface area contributed by atoms with Crippen molar-refractivity contribution < 1.29 is 28.2 Å². The van der Waals surface area contributed by atoms with Crippen molar-refractivity contribution in [3.05, 3.63) is 0 Å². The first-order valence-corrected chi connectivity index (χ1v) is 7.73. The molecule has 2 amide bonds. The van der Waals surface area contributed by atoms with Gasteiger partial charge in [-0.25, -0.2) is 22.7 Å². The van der Waals surface area contributed by atoms with Gasteiger partial charge in [0.1, 0.15) is 6.04 Å². The van der Waals surface area contributed by atoms with Crippen molar-refractivity contribution in [3.63, 3.8) is 0 Å². The minimum atomic E-state index is -3.42. The summed E-state index contributed by atoms with van der Waals surface area (Å²) < 4.78 is 24.5. The Morgan fingerprint density at radius 1 is 1.30 bits per heavy atom. The lowest BCUT2D eigenvalue weighted by Gasteiger charge is -2.25. The fourth-order valence-corrected chi connectivity index (χ4v) is 2.51. The lowest BCUT2D eigenvalue weighted by atomic mass is 10.1. The van der Waals surface area contributed by atoms with Crippen molar-refractivity contribution >= 4 is 22.0 Å². The molecule has 0 aliphatic carbocycles. The van der Waals surface area contributed by atoms with Crippen LogP contribution in [0, 0.1) is 0 Å². The molecule has 20 heavy (non-hydrogen) atoms. The molecule has 0 unspecified atom stereocenters. The highest BCUT2D eigenvalue weighted by Gasteiger charge is 2.24. The maximum absolute atomic E-state index is 11.5. The van der Waals surface area contributed by atoms with Crippen LogP contribution in [0.2, 0.25) is 0 Å². The topological polar surface area (TPSA) is 145 Å². The maximum atomic E-state index is 11.5. The van der Waals surface area contributed by atoms with E-state index < -0.39 is 33.6 Å². The number of carbonyl (C=O) groups excluding carboxylic acids is 1. The highest BCUT2D eigenvalue weighted by atomic mass is 32.2. The summed E-state index contributed by atoms with van der Waals surface area (Å²) in [4.78, 5) is 22.3. The van der Waals surface area contributed by atoms with E-state index in [-0.39, 0.29) is 19.6 Å². The number of rotatable bonds is 8. The van der Waals surface area contributed by atoms with Crippen molar-refractivity contribution in [1.82, 2.24) is 15.4 Å². The van der Waals surface area contributed by atoms with Gasteiger partial charge in [-0.1, -0.05) is 0 Å². The van der Waals surface area contributed by atoms with Crippen molar-refractivity contribution in [3.8, 4) is 0 Å². The van der Waals surface area contributed by atoms with Gasteiger partial charge in [0.2, 0.25) is 10.0 Å². The number of hydrogen-bond donors (Lipinski definition) is 5. The van der Waals surface area contributed by atoms with Crippen LogP contribution in [0.1, 0.15) is 20.3 Å². The molecule has 0 bridgehead atoms. The first kappa shape index (κ1) is 18.6. The molecule has 0 aromatic rings. The Balaban J connectivity index is 4.37. The van der Waals surface area contributed by atoms with Crippen molar-refractivity contribution in [2.75, 3.05) is 19.4 Å². The molecule has 0 radical (unpaired) electrons. The van der Waals surface area contributed by atoms with Gasteiger partial charge in [0.25, 0.3) is 0 Å². The molecule has 0 aliphatic rings. The summed E-state index contributed by atoms with van der Waals surface area (Å²) in [6.45, 7) is 2.73. The number of carboxylic acid groups (broad SMARTS) is 1. The molecule has 1 atom stereocenters. The van der Waals surface area contributed by atoms with Crippen molar-refractivity contribution in [2.45, 2.75) is 31.8 Å². The quantitative estimate of drug-likeness (QED) is 0.367. The van der Waals surface area contributed by atoms with E-state index >= 15 is 0 Å². The van der Waals surface area contributed by atoms with Gasteiger partial charge in [0, 0.05) is 25.1 Å². The molecular weight excluding hydrogens is 290 g/mol. The van der Waals surface area contributed by atoms with E-state index in [1.165, 1.54) is 0 Å². The molecule has 0 aromatic heterocycles. The predicted molar refractivity (Wildman–Crippen MR) is 71.7 cm³/mol. The van der Waals surface area contributed by atoms with Crippen molar-refractivity contribution in [1.29, 1.82) is 0 Å². The summed E-state index contributed by atoms with van der Waals surface area (Å²) in [5, 5.41) is 22.0. The van der Waals surface area contributed by atoms with E-state index in [1.54, 1.807) is 13.8 Å². The number of hydrogen-bond acceptors (Lipinski definition) is 5. The van der Waals surface area contributed by atoms with Gasteiger partial charge in [0.05, 0.1) is 6.26 Å². The van der Waals surface area contributed by atoms with Crippen LogP contribution >= 0.6 is 0 Å². The maximum Gasteiger partial charge on any atom is 0.326 e. The molecule has 0 aromatic carbocycles. The molecule has 0 aliphatic heterocycles. The molecule has 0 spiro atoms. The number of urea groups is 1. The molecule has 118 valence electrons. The second-order valence-electron chi connectivity index (χ2n) is 4.99. The molecule has 9 nitrogen and oxygen atoms in total. The number of carbonyl (C=O) groups is 2. The Kier molecular flexibility index (Phi) is 6.89. The van der Waals surface area contributed by atoms with Gasteiger partial charge in [0.15, 0.2) is 0 Å². The highest BCUT2D eigenvalue weighted by Crippen LogP contribution is 2.01. The van der Waals surface area contributed by atoms with E-state index in [9.17, 15) is 18.0 Å². The van der Waals surface area contributed by atoms with Crippen LogP contribution in [0.15, 0.2) is 0 Å². The number of aliphatic hydroxyl groups excluding tert-OH is 1. The minimum Gasteiger partial charge on any atom is -0.480 e. The zero-order valence-electron chi connectivity index (χ0n) is 11.6. The Morgan fingerprint density at radius 3 is 2.25 bits per heavy atom. The van der Waals surface area contributed by atoms with Gasteiger partial charge in [-0.3, -0.25) is 0 Å². The molecule has 0 rings (SSSR count). The summed E-state index contributed by atoms with van der Waals surface area (Å²) in [7, 11) is -3.42. The molecular formula is C10H21N3O6S. The molecule has 0 saturated carbocycles. The molecule has 0 fully saturated rings. The van der Waals surface area contributed by atoms with Gasteiger partial charge < -0.3 is 20.8 Å². The Morgan fingerprint density at radius 2 is 1.85 bits per heavy atom. The van der Waals surface area contributed by atoms with E-state index in [2.05, 4.69) is 15.4 Å². The lowest BCUT2D eigenvalue weighted by Crippen LogP contribution is -2.54. The average Bonchev–Trinajstić information content (AvgIpc) is 2.22. The summed E-state index contributed by atoms with van der Waals surface area (Å²) in [5.41, 5.74) is -0.916. The largest absolute Gasteiger partial charge is 0.480 e. The number of aliphatic carboxylic acids is 1. The zero-order chi connectivity index (χ0) is 16.0. The van der Waals surface area contributed by atoms with Crippen LogP contribution < -0.4 is 15.4 Å². The number of amides is 2. The number of carboxylic acids is 1. The Bertz CT molecular complexity index is 448. The van der Waals surface area contributed by atoms with Crippen LogP contribution in [-0.4, -0.2) is 61.6 Å². The van der Waals surface area contributed by atoms with Crippen LogP contribution in [0.5, 0.6) is 0 Å². The van der Waals surface area contributed by atoms with E-state index in [1.807, 2.05) is 0 Å². The van der Waals surface area contributed by atoms with Gasteiger partial charge in [-0.15, -0.1) is 0 Å². The Labute approximate surface area is 117 Å². The van der Waals surface area contributed by atoms with Crippen LogP contribution in [-0.2, 0) is 14.8 Å². The average molecular weight is 311 g/mol. The van der Waals surface area contributed by atoms with Gasteiger partial charge >= 0.3 is 12.0 Å². The SMILES string of the molecule is CC(C)(CNC(=O)N[C@@H](CCO)C(=O)O)NS(C)(=O)=O. The monoisotopic (exact) mass is 311 g/mol. The summed E-state index contributed by atoms with van der Waals surface area (Å²) in [6.07, 6.45) is 0.879. The Hall–Kier alpha value is -1.39. The fraction of sp³-hybridized carbons (Fsp3) is 0.800. The molecule has 5 N–H and O–H groups in total. The number of aliphatic hydroxyl groups is 1. The highest BCUT2D eigenvalue weighted by molar-refractivity contribution is 7.88. The standard InChI is InChI=1S/C10H21N3O6S/c1-10(2,13-20(3,18)19)6-11-9(17)12-7(4-5-14)8(15)16/h7,13-14H,4-6H2,1-3H3,(H,15,16)(H2,11,12,17)/t7-/m0/s1. The smallest absolute Gasteiger partial charge is 0.326 e. The summed E-state index contributed by atoms with van der Waals surface area (Å²) in [6, 6.07) is -1.96. The normalized spacial score (nSPS) is 13.6. The van der Waals surface area contributed by atoms with E-state index in [0.29, 0.717) is 0 Å². The van der Waals surface area contributed by atoms with Gasteiger partial charge in [-0.05, 0) is 13.8 Å². The second-order valence-corrected chi connectivity index (χ2v) is 6.74. The molecule has 0 heterocycles. The molecule has 0 saturated heterocycles. The zero-order valence-corrected chi connectivity index (χ0v) is 12.5. The fourth-order valence-electron chi connectivity index (χ4n) is 1.43. The number of nitrogens with one attached hydrogen (secondary N) is 3. The first-order valence-electron chi connectivity index (χ1n) is 5.84. The second kappa shape index (κ2) is 7.41. The van der Waals surface area contributed by atoms with E-state index in [0.717, 1.165) is 6.26 Å². The number of sulfonamides is 1. The summed E-state index contributed by atoms with van der Waals surface area (Å²) in [5.74, 6) is -1.26. The minimum absolute atomic E-state index is 0.0304. The third kappa shape index (κ3) is 8.67. The van der Waals surface area contributed by atoms with Crippen molar-refractivity contribution in [2.24, 2.45) is 0 Å². The third-order valence-corrected chi connectivity index (χ3v) is 3.10. The van der Waals surface area contributed by atoms with Crippen LogP contribution in [0.25, 0.3) is 0 Å². The van der Waals surface area contributed by atoms with Gasteiger partial charge in [-0.2, -0.15) is 0 Å². The molecule has 10 heteroatoms.